The zero-order valence-electron chi connectivity index (χ0n) is 12.8. The summed E-state index contributed by atoms with van der Waals surface area (Å²) in [5.74, 6) is -1.31. The van der Waals surface area contributed by atoms with Gasteiger partial charge in [0, 0.05) is 6.08 Å². The molecule has 0 fully saturated rings. The maximum Gasteiger partial charge on any atom is 0.338 e. The van der Waals surface area contributed by atoms with Crippen molar-refractivity contribution >= 4 is 39.2 Å². The van der Waals surface area contributed by atoms with Crippen molar-refractivity contribution in [2.75, 3.05) is 4.31 Å². The Morgan fingerprint density at radius 1 is 1.04 bits per heavy atom. The van der Waals surface area contributed by atoms with E-state index in [0.717, 1.165) is 11.6 Å². The molecule has 2 aromatic carbocycles. The summed E-state index contributed by atoms with van der Waals surface area (Å²) in [5.41, 5.74) is 1.18. The SMILES string of the molecule is O=C(OCc1ccccc1)c1ccc(N2C(=O)C=C(Cl)S2(=O)=O)cc1. The van der Waals surface area contributed by atoms with Gasteiger partial charge in [0.1, 0.15) is 6.61 Å². The summed E-state index contributed by atoms with van der Waals surface area (Å²) >= 11 is 5.56. The van der Waals surface area contributed by atoms with E-state index in [2.05, 4.69) is 0 Å². The molecular weight excluding hydrogens is 366 g/mol. The lowest BCUT2D eigenvalue weighted by molar-refractivity contribution is -0.112. The first-order valence-electron chi connectivity index (χ1n) is 7.17. The van der Waals surface area contributed by atoms with Gasteiger partial charge in [-0.15, -0.1) is 0 Å². The molecule has 1 aliphatic heterocycles. The number of hydrogen-bond donors (Lipinski definition) is 0. The number of carbonyl (C=O) groups is 2. The molecule has 0 aromatic heterocycles. The van der Waals surface area contributed by atoms with Gasteiger partial charge in [0.25, 0.3) is 15.9 Å². The number of anilines is 1. The largest absolute Gasteiger partial charge is 0.457 e. The molecule has 0 saturated heterocycles. The standard InChI is InChI=1S/C17H12ClNO5S/c18-15-10-16(20)19(25(15,22)23)14-8-6-13(7-9-14)17(21)24-11-12-4-2-1-3-5-12/h1-10H,11H2. The lowest BCUT2D eigenvalue weighted by atomic mass is 10.2. The van der Waals surface area contributed by atoms with E-state index < -0.39 is 26.3 Å². The lowest BCUT2D eigenvalue weighted by Gasteiger charge is -2.15. The van der Waals surface area contributed by atoms with Gasteiger partial charge in [-0.05, 0) is 29.8 Å². The monoisotopic (exact) mass is 377 g/mol. The van der Waals surface area contributed by atoms with Crippen LogP contribution in [0.25, 0.3) is 0 Å². The molecule has 6 nitrogen and oxygen atoms in total. The highest BCUT2D eigenvalue weighted by Gasteiger charge is 2.37. The van der Waals surface area contributed by atoms with Crippen molar-refractivity contribution in [2.24, 2.45) is 0 Å². The molecule has 0 unspecified atom stereocenters. The molecule has 3 rings (SSSR count). The van der Waals surface area contributed by atoms with Crippen molar-refractivity contribution in [3.05, 3.63) is 76.2 Å². The highest BCUT2D eigenvalue weighted by molar-refractivity contribution is 7.99. The third kappa shape index (κ3) is 3.42. The van der Waals surface area contributed by atoms with E-state index in [9.17, 15) is 18.0 Å². The Morgan fingerprint density at radius 2 is 1.68 bits per heavy atom. The fourth-order valence-electron chi connectivity index (χ4n) is 2.24. The van der Waals surface area contributed by atoms with Crippen LogP contribution in [0.3, 0.4) is 0 Å². The van der Waals surface area contributed by atoms with Crippen LogP contribution < -0.4 is 4.31 Å². The van der Waals surface area contributed by atoms with Crippen LogP contribution in [-0.2, 0) is 26.2 Å². The molecule has 1 amide bonds. The second kappa shape index (κ2) is 6.70. The van der Waals surface area contributed by atoms with E-state index in [1.54, 1.807) is 0 Å². The first-order valence-corrected chi connectivity index (χ1v) is 8.99. The number of nitrogens with zero attached hydrogens (tertiary/aromatic N) is 1. The first-order chi connectivity index (χ1) is 11.9. The van der Waals surface area contributed by atoms with Gasteiger partial charge in [-0.2, -0.15) is 12.7 Å². The number of halogens is 1. The van der Waals surface area contributed by atoms with Crippen LogP contribution in [0.15, 0.2) is 65.0 Å². The number of ether oxygens (including phenoxy) is 1. The molecule has 0 radical (unpaired) electrons. The first kappa shape index (κ1) is 17.2. The normalized spacial score (nSPS) is 15.8. The van der Waals surface area contributed by atoms with Gasteiger partial charge >= 0.3 is 5.97 Å². The number of rotatable bonds is 4. The van der Waals surface area contributed by atoms with Crippen molar-refractivity contribution in [1.29, 1.82) is 0 Å². The van der Waals surface area contributed by atoms with Crippen molar-refractivity contribution in [3.8, 4) is 0 Å². The second-order valence-electron chi connectivity index (χ2n) is 5.16. The Balaban J connectivity index is 1.72. The number of benzene rings is 2. The molecule has 1 aliphatic rings. The van der Waals surface area contributed by atoms with Gasteiger partial charge in [-0.25, -0.2) is 4.79 Å². The molecule has 0 N–H and O–H groups in total. The fraction of sp³-hybridized carbons (Fsp3) is 0.0588. The topological polar surface area (TPSA) is 80.8 Å². The molecule has 0 saturated carbocycles. The number of sulfonamides is 1. The molecule has 0 spiro atoms. The third-order valence-corrected chi connectivity index (χ3v) is 5.65. The highest BCUT2D eigenvalue weighted by Crippen LogP contribution is 2.30. The molecule has 0 aliphatic carbocycles. The van der Waals surface area contributed by atoms with Crippen LogP contribution in [0.4, 0.5) is 5.69 Å². The summed E-state index contributed by atoms with van der Waals surface area (Å²) in [7, 11) is -4.05. The molecule has 0 atom stereocenters. The van der Waals surface area contributed by atoms with E-state index in [1.165, 1.54) is 24.3 Å². The fourth-order valence-corrected chi connectivity index (χ4v) is 3.65. The molecule has 8 heteroatoms. The van der Waals surface area contributed by atoms with Gasteiger partial charge in [-0.3, -0.25) is 4.79 Å². The van der Waals surface area contributed by atoms with Crippen LogP contribution in [0, 0.1) is 0 Å². The predicted molar refractivity (Wildman–Crippen MR) is 92.3 cm³/mol. The summed E-state index contributed by atoms with van der Waals surface area (Å²) in [4.78, 5) is 23.8. The minimum absolute atomic E-state index is 0.0940. The molecule has 128 valence electrons. The van der Waals surface area contributed by atoms with E-state index in [1.807, 2.05) is 30.3 Å². The number of amides is 1. The summed E-state index contributed by atoms with van der Waals surface area (Å²) < 4.78 is 29.2. The Hall–Kier alpha value is -2.64. The smallest absolute Gasteiger partial charge is 0.338 e. The Kier molecular flexibility index (Phi) is 4.61. The van der Waals surface area contributed by atoms with Crippen LogP contribution in [-0.4, -0.2) is 20.3 Å². The quantitative estimate of drug-likeness (QED) is 0.765. The molecule has 1 heterocycles. The van der Waals surface area contributed by atoms with Crippen molar-refractivity contribution in [1.82, 2.24) is 0 Å². The minimum Gasteiger partial charge on any atom is -0.457 e. The van der Waals surface area contributed by atoms with Gasteiger partial charge < -0.3 is 4.74 Å². The zero-order chi connectivity index (χ0) is 18.0. The molecular formula is C17H12ClNO5S. The average molecular weight is 378 g/mol. The maximum absolute atomic E-state index is 12.0. The summed E-state index contributed by atoms with van der Waals surface area (Å²) in [6.07, 6.45) is 0.832. The summed E-state index contributed by atoms with van der Waals surface area (Å²) in [6.45, 7) is 0.125. The van der Waals surface area contributed by atoms with E-state index in [4.69, 9.17) is 16.3 Å². The number of hydrogen-bond acceptors (Lipinski definition) is 5. The van der Waals surface area contributed by atoms with Gasteiger partial charge in [0.2, 0.25) is 0 Å². The summed E-state index contributed by atoms with van der Waals surface area (Å²) in [5, 5.41) is 0. The Labute approximate surface area is 149 Å². The van der Waals surface area contributed by atoms with Gasteiger partial charge in [0.15, 0.2) is 4.36 Å². The molecule has 0 bridgehead atoms. The third-order valence-electron chi connectivity index (χ3n) is 3.47. The summed E-state index contributed by atoms with van der Waals surface area (Å²) in [6, 6.07) is 14.7. The van der Waals surface area contributed by atoms with Crippen molar-refractivity contribution in [2.45, 2.75) is 6.61 Å². The zero-order valence-corrected chi connectivity index (χ0v) is 14.3. The van der Waals surface area contributed by atoms with E-state index in [0.29, 0.717) is 4.31 Å². The Bertz CT molecular complexity index is 952. The lowest BCUT2D eigenvalue weighted by Crippen LogP contribution is -2.30. The molecule has 25 heavy (non-hydrogen) atoms. The van der Waals surface area contributed by atoms with Crippen LogP contribution in [0.1, 0.15) is 15.9 Å². The molecule has 2 aromatic rings. The Morgan fingerprint density at radius 3 is 2.24 bits per heavy atom. The second-order valence-corrected chi connectivity index (χ2v) is 7.55. The van der Waals surface area contributed by atoms with Crippen LogP contribution in [0.2, 0.25) is 0 Å². The highest BCUT2D eigenvalue weighted by atomic mass is 35.5. The number of esters is 1. The van der Waals surface area contributed by atoms with Gasteiger partial charge in [0.05, 0.1) is 11.3 Å². The van der Waals surface area contributed by atoms with Crippen molar-refractivity contribution < 1.29 is 22.7 Å². The maximum atomic E-state index is 12.0. The van der Waals surface area contributed by atoms with Gasteiger partial charge in [-0.1, -0.05) is 41.9 Å². The minimum atomic E-state index is -4.05. The average Bonchev–Trinajstić information content (AvgIpc) is 2.81. The van der Waals surface area contributed by atoms with Crippen molar-refractivity contribution in [3.63, 3.8) is 0 Å². The van der Waals surface area contributed by atoms with E-state index >= 15 is 0 Å². The number of carbonyl (C=O) groups excluding carboxylic acids is 2. The van der Waals surface area contributed by atoms with E-state index in [-0.39, 0.29) is 17.9 Å². The predicted octanol–water partition coefficient (Wildman–Crippen LogP) is 2.80. The van der Waals surface area contributed by atoms with Crippen LogP contribution in [0.5, 0.6) is 0 Å². The van der Waals surface area contributed by atoms with Crippen LogP contribution >= 0.6 is 11.6 Å².